The van der Waals surface area contributed by atoms with Crippen molar-refractivity contribution in [1.29, 1.82) is 0 Å². The van der Waals surface area contributed by atoms with E-state index in [-0.39, 0.29) is 17.3 Å². The van der Waals surface area contributed by atoms with E-state index in [0.29, 0.717) is 25.3 Å². The molecule has 0 atom stereocenters. The Kier molecular flexibility index (Phi) is 7.10. The predicted molar refractivity (Wildman–Crippen MR) is 138 cm³/mol. The van der Waals surface area contributed by atoms with E-state index in [1.54, 1.807) is 11.0 Å². The topological polar surface area (TPSA) is 90.8 Å². The van der Waals surface area contributed by atoms with Crippen molar-refractivity contribution in [3.8, 4) is 0 Å². The number of carbonyl (C=O) groups excluding carboxylic acids is 1. The van der Waals surface area contributed by atoms with Crippen molar-refractivity contribution in [2.24, 2.45) is 5.41 Å². The number of aromatic nitrogens is 2. The molecule has 1 N–H and O–H groups in total. The monoisotopic (exact) mass is 554 g/mol. The van der Waals surface area contributed by atoms with Crippen molar-refractivity contribution in [2.45, 2.75) is 44.8 Å². The van der Waals surface area contributed by atoms with Gasteiger partial charge in [0, 0.05) is 57.2 Å². The molecule has 0 saturated carbocycles. The van der Waals surface area contributed by atoms with Gasteiger partial charge in [0.05, 0.1) is 11.8 Å². The van der Waals surface area contributed by atoms with Crippen molar-refractivity contribution in [3.05, 3.63) is 41.6 Å². The third kappa shape index (κ3) is 5.93. The lowest BCUT2D eigenvalue weighted by molar-refractivity contribution is -0.137. The Labute approximate surface area is 220 Å². The van der Waals surface area contributed by atoms with E-state index in [2.05, 4.69) is 19.6 Å². The van der Waals surface area contributed by atoms with Gasteiger partial charge in [-0.05, 0) is 61.8 Å². The van der Waals surface area contributed by atoms with Crippen molar-refractivity contribution in [2.75, 3.05) is 55.1 Å². The molecule has 1 aromatic carbocycles. The van der Waals surface area contributed by atoms with Gasteiger partial charge in [-0.1, -0.05) is 6.07 Å². The second kappa shape index (κ2) is 10.1. The predicted octanol–water partition coefficient (Wildman–Crippen LogP) is 3.83. The van der Waals surface area contributed by atoms with Crippen LogP contribution in [0, 0.1) is 5.41 Å². The molecule has 4 heterocycles. The highest BCUT2D eigenvalue weighted by atomic mass is 32.2. The van der Waals surface area contributed by atoms with E-state index >= 15 is 0 Å². The molecule has 0 aliphatic carbocycles. The van der Waals surface area contributed by atoms with Crippen LogP contribution in [0.3, 0.4) is 0 Å². The maximum Gasteiger partial charge on any atom is 0.416 e. The Bertz CT molecular complexity index is 1280. The summed E-state index contributed by atoms with van der Waals surface area (Å²) in [7, 11) is -3.48. The molecule has 208 valence electrons. The fraction of sp³-hybridized carbons (Fsp3) is 0.600. The number of sulfonamides is 1. The first kappa shape index (κ1) is 26.8. The minimum Gasteiger partial charge on any atom is -0.371 e. The second-order valence-corrected chi connectivity index (χ2v) is 12.5. The number of halogens is 3. The maximum absolute atomic E-state index is 13.4. The Morgan fingerprint density at radius 2 is 1.74 bits per heavy atom. The summed E-state index contributed by atoms with van der Waals surface area (Å²) in [6.07, 6.45) is 2.73. The van der Waals surface area contributed by atoms with Gasteiger partial charge in [-0.2, -0.15) is 17.9 Å². The average molecular weight is 555 g/mol. The quantitative estimate of drug-likeness (QED) is 0.604. The van der Waals surface area contributed by atoms with Gasteiger partial charge in [0.25, 0.3) is 0 Å². The fourth-order valence-corrected chi connectivity index (χ4v) is 6.42. The van der Waals surface area contributed by atoms with Crippen LogP contribution in [-0.2, 0) is 22.7 Å². The highest BCUT2D eigenvalue weighted by Gasteiger charge is 2.42. The minimum atomic E-state index is -4.36. The number of nitrogens with one attached hydrogen (secondary N) is 1. The summed E-state index contributed by atoms with van der Waals surface area (Å²) < 4.78 is 66.4. The number of anilines is 2. The van der Waals surface area contributed by atoms with Crippen LogP contribution < -0.4 is 9.62 Å². The van der Waals surface area contributed by atoms with Crippen LogP contribution in [0.25, 0.3) is 0 Å². The molecule has 3 fully saturated rings. The minimum absolute atomic E-state index is 0.0730. The average Bonchev–Trinajstić information content (AvgIpc) is 3.60. The molecule has 0 unspecified atom stereocenters. The first-order valence-electron chi connectivity index (χ1n) is 12.9. The van der Waals surface area contributed by atoms with Gasteiger partial charge in [-0.25, -0.2) is 13.2 Å². The molecule has 1 amide bonds. The van der Waals surface area contributed by atoms with E-state index in [9.17, 15) is 26.4 Å². The summed E-state index contributed by atoms with van der Waals surface area (Å²) in [6.45, 7) is 5.03. The fourth-order valence-electron chi connectivity index (χ4n) is 5.93. The molecule has 3 aliphatic rings. The Morgan fingerprint density at radius 3 is 2.39 bits per heavy atom. The first-order valence-corrected chi connectivity index (χ1v) is 14.8. The lowest BCUT2D eigenvalue weighted by Crippen LogP contribution is -2.45. The molecule has 3 saturated heterocycles. The zero-order chi connectivity index (χ0) is 27.1. The summed E-state index contributed by atoms with van der Waals surface area (Å²) in [6, 6.07) is 5.28. The van der Waals surface area contributed by atoms with Crippen molar-refractivity contribution in [3.63, 3.8) is 0 Å². The van der Waals surface area contributed by atoms with Gasteiger partial charge in [0.2, 0.25) is 10.0 Å². The van der Waals surface area contributed by atoms with Crippen LogP contribution >= 0.6 is 0 Å². The number of rotatable bonds is 5. The normalized spacial score (nSPS) is 20.4. The van der Waals surface area contributed by atoms with E-state index in [1.807, 2.05) is 0 Å². The molecule has 2 aromatic rings. The number of piperidine rings is 1. The van der Waals surface area contributed by atoms with Crippen molar-refractivity contribution >= 4 is 27.6 Å². The summed E-state index contributed by atoms with van der Waals surface area (Å²) >= 11 is 0. The Balaban J connectivity index is 1.21. The molecular weight excluding hydrogens is 521 g/mol. The van der Waals surface area contributed by atoms with E-state index in [0.717, 1.165) is 74.8 Å². The molecule has 3 aliphatic heterocycles. The lowest BCUT2D eigenvalue weighted by atomic mass is 9.78. The van der Waals surface area contributed by atoms with Gasteiger partial charge < -0.3 is 9.80 Å². The van der Waals surface area contributed by atoms with Crippen LogP contribution in [-0.4, -0.2) is 79.6 Å². The third-order valence-corrected chi connectivity index (χ3v) is 8.52. The highest BCUT2D eigenvalue weighted by Crippen LogP contribution is 2.42. The Morgan fingerprint density at radius 1 is 1.05 bits per heavy atom. The van der Waals surface area contributed by atoms with Gasteiger partial charge in [0.1, 0.15) is 0 Å². The second-order valence-electron chi connectivity index (χ2n) is 10.8. The number of likely N-dealkylation sites (tertiary alicyclic amines) is 2. The van der Waals surface area contributed by atoms with Gasteiger partial charge in [0.15, 0.2) is 5.82 Å². The van der Waals surface area contributed by atoms with E-state index in [4.69, 9.17) is 0 Å². The molecule has 0 radical (unpaired) electrons. The molecule has 0 bridgehead atoms. The zero-order valence-electron chi connectivity index (χ0n) is 21.4. The number of benzene rings is 1. The molecule has 9 nitrogen and oxygen atoms in total. The zero-order valence-corrected chi connectivity index (χ0v) is 22.2. The summed E-state index contributed by atoms with van der Waals surface area (Å²) in [5.74, 6) is 0.0948. The summed E-state index contributed by atoms with van der Waals surface area (Å²) in [4.78, 5) is 19.0. The number of hydrogen-bond donors (Lipinski definition) is 1. The molecule has 38 heavy (non-hydrogen) atoms. The largest absolute Gasteiger partial charge is 0.416 e. The third-order valence-electron chi connectivity index (χ3n) is 7.94. The lowest BCUT2D eigenvalue weighted by Gasteiger charge is -2.39. The number of hydrogen-bond acceptors (Lipinski definition) is 6. The van der Waals surface area contributed by atoms with E-state index in [1.165, 1.54) is 24.4 Å². The molecule has 1 aromatic heterocycles. The first-order chi connectivity index (χ1) is 17.9. The van der Waals surface area contributed by atoms with Crippen molar-refractivity contribution < 1.29 is 26.4 Å². The SMILES string of the molecule is CS(=O)(=O)Nc1ccn(C(=O)N2CCC3(CCN(Cc4ccc(C(F)(F)F)cc4N4CCCC4)C3)CC2)n1. The standard InChI is InChI=1S/C25H33F3N6O3S/c1-38(36,37)30-22-6-12-34(29-22)23(35)33-14-8-24(9-15-33)7-13-31(18-24)17-19-4-5-20(25(26,27)28)16-21(19)32-10-2-3-11-32/h4-6,12,16H,2-3,7-11,13-15,17-18H2,1H3,(H,29,30). The molecular formula is C25H33F3N6O3S. The number of carbonyl (C=O) groups is 1. The molecule has 1 spiro atoms. The maximum atomic E-state index is 13.4. The summed E-state index contributed by atoms with van der Waals surface area (Å²) in [5, 5.41) is 4.03. The summed E-state index contributed by atoms with van der Waals surface area (Å²) in [5.41, 5.74) is 1.10. The van der Waals surface area contributed by atoms with E-state index < -0.39 is 21.8 Å². The highest BCUT2D eigenvalue weighted by molar-refractivity contribution is 7.92. The van der Waals surface area contributed by atoms with Crippen LogP contribution in [0.2, 0.25) is 0 Å². The van der Waals surface area contributed by atoms with Crippen LogP contribution in [0.15, 0.2) is 30.5 Å². The van der Waals surface area contributed by atoms with Gasteiger partial charge >= 0.3 is 12.2 Å². The van der Waals surface area contributed by atoms with Crippen LogP contribution in [0.4, 0.5) is 29.5 Å². The van der Waals surface area contributed by atoms with Gasteiger partial charge in [-0.3, -0.25) is 9.62 Å². The molecule has 5 rings (SSSR count). The number of amides is 1. The number of nitrogens with zero attached hydrogens (tertiary/aromatic N) is 5. The van der Waals surface area contributed by atoms with Crippen LogP contribution in [0.1, 0.15) is 43.2 Å². The van der Waals surface area contributed by atoms with Crippen molar-refractivity contribution in [1.82, 2.24) is 19.6 Å². The molecule has 13 heteroatoms. The van der Waals surface area contributed by atoms with Gasteiger partial charge in [-0.15, -0.1) is 5.10 Å². The number of alkyl halides is 3. The Hall–Kier alpha value is -2.80. The van der Waals surface area contributed by atoms with Crippen LogP contribution in [0.5, 0.6) is 0 Å². The smallest absolute Gasteiger partial charge is 0.371 e.